The zero-order valence-electron chi connectivity index (χ0n) is 14.3. The highest BCUT2D eigenvalue weighted by atomic mass is 16.6. The third kappa shape index (κ3) is 5.40. The number of carbonyl (C=O) groups excluding carboxylic acids is 2. The van der Waals surface area contributed by atoms with Crippen LogP contribution in [0.1, 0.15) is 23.7 Å². The summed E-state index contributed by atoms with van der Waals surface area (Å²) in [4.78, 5) is 23.7. The van der Waals surface area contributed by atoms with Crippen molar-refractivity contribution in [1.29, 1.82) is 0 Å². The molecular weight excluding hydrogens is 356 g/mol. The molecule has 0 saturated heterocycles. The molecule has 27 heavy (non-hydrogen) atoms. The SMILES string of the molecule is COC(=O)C[C@H](OC(=O)/C=C/c1ccc(O)c(O)c1)c1ccc(O)c(O)c1. The lowest BCUT2D eigenvalue weighted by Gasteiger charge is -2.17. The van der Waals surface area contributed by atoms with Gasteiger partial charge in [-0.2, -0.15) is 0 Å². The van der Waals surface area contributed by atoms with E-state index in [9.17, 15) is 30.0 Å². The summed E-state index contributed by atoms with van der Waals surface area (Å²) >= 11 is 0. The van der Waals surface area contributed by atoms with Crippen LogP contribution >= 0.6 is 0 Å². The molecule has 1 atom stereocenters. The predicted octanol–water partition coefficient (Wildman–Crippen LogP) is 2.37. The molecule has 0 aliphatic rings. The Morgan fingerprint density at radius 1 is 0.963 bits per heavy atom. The lowest BCUT2D eigenvalue weighted by Crippen LogP contribution is -2.15. The summed E-state index contributed by atoms with van der Waals surface area (Å²) in [5.74, 6) is -2.83. The lowest BCUT2D eigenvalue weighted by molar-refractivity contribution is -0.150. The minimum absolute atomic E-state index is 0.291. The van der Waals surface area contributed by atoms with E-state index in [2.05, 4.69) is 4.74 Å². The molecule has 8 heteroatoms. The van der Waals surface area contributed by atoms with Gasteiger partial charge < -0.3 is 29.9 Å². The van der Waals surface area contributed by atoms with Crippen LogP contribution < -0.4 is 0 Å². The van der Waals surface area contributed by atoms with Gasteiger partial charge >= 0.3 is 11.9 Å². The third-order valence-electron chi connectivity index (χ3n) is 3.62. The lowest BCUT2D eigenvalue weighted by atomic mass is 10.1. The van der Waals surface area contributed by atoms with E-state index < -0.39 is 23.8 Å². The number of ether oxygens (including phenoxy) is 2. The third-order valence-corrected chi connectivity index (χ3v) is 3.62. The Morgan fingerprint density at radius 2 is 1.59 bits per heavy atom. The summed E-state index contributed by atoms with van der Waals surface area (Å²) in [6.45, 7) is 0. The Labute approximate surface area is 154 Å². The summed E-state index contributed by atoms with van der Waals surface area (Å²) in [5.41, 5.74) is 0.730. The number of benzene rings is 2. The van der Waals surface area contributed by atoms with Gasteiger partial charge in [-0.1, -0.05) is 12.1 Å². The second-order valence-corrected chi connectivity index (χ2v) is 5.54. The standard InChI is InChI=1S/C19H18O8/c1-26-19(25)10-17(12-4-6-14(21)16(23)9-12)27-18(24)7-3-11-2-5-13(20)15(22)8-11/h2-9,17,20-23H,10H2,1H3/b7-3+/t17-/m0/s1. The van der Waals surface area contributed by atoms with Crippen molar-refractivity contribution in [1.82, 2.24) is 0 Å². The average molecular weight is 374 g/mol. The summed E-state index contributed by atoms with van der Waals surface area (Å²) in [5, 5.41) is 37.7. The van der Waals surface area contributed by atoms with Crippen molar-refractivity contribution in [2.45, 2.75) is 12.5 Å². The molecule has 0 amide bonds. The molecule has 2 aromatic rings. The van der Waals surface area contributed by atoms with E-state index >= 15 is 0 Å². The van der Waals surface area contributed by atoms with Crippen LogP contribution in [0.2, 0.25) is 0 Å². The molecule has 0 spiro atoms. The highest BCUT2D eigenvalue weighted by molar-refractivity contribution is 5.87. The molecule has 2 aromatic carbocycles. The smallest absolute Gasteiger partial charge is 0.331 e. The first-order chi connectivity index (χ1) is 12.8. The average Bonchev–Trinajstić information content (AvgIpc) is 2.64. The quantitative estimate of drug-likeness (QED) is 0.344. The largest absolute Gasteiger partial charge is 0.504 e. The van der Waals surface area contributed by atoms with Crippen LogP contribution in [0.4, 0.5) is 0 Å². The van der Waals surface area contributed by atoms with Crippen LogP contribution in [-0.2, 0) is 19.1 Å². The van der Waals surface area contributed by atoms with Gasteiger partial charge in [0.05, 0.1) is 13.5 Å². The van der Waals surface area contributed by atoms with Gasteiger partial charge in [-0.05, 0) is 41.5 Å². The Kier molecular flexibility index (Phi) is 6.27. The fourth-order valence-electron chi connectivity index (χ4n) is 2.19. The number of esters is 2. The van der Waals surface area contributed by atoms with Crippen molar-refractivity contribution in [2.24, 2.45) is 0 Å². The van der Waals surface area contributed by atoms with Crippen LogP contribution in [0.5, 0.6) is 23.0 Å². The minimum Gasteiger partial charge on any atom is -0.504 e. The van der Waals surface area contributed by atoms with Crippen LogP contribution in [0.15, 0.2) is 42.5 Å². The van der Waals surface area contributed by atoms with E-state index in [-0.39, 0.29) is 23.7 Å². The maximum atomic E-state index is 12.1. The molecule has 0 aliphatic heterocycles. The van der Waals surface area contributed by atoms with Crippen LogP contribution in [0, 0.1) is 0 Å². The molecule has 142 valence electrons. The number of rotatable bonds is 6. The fraction of sp³-hybridized carbons (Fsp3) is 0.158. The molecule has 0 aliphatic carbocycles. The normalized spacial score (nSPS) is 11.9. The molecule has 4 N–H and O–H groups in total. The highest BCUT2D eigenvalue weighted by Crippen LogP contribution is 2.31. The zero-order valence-corrected chi connectivity index (χ0v) is 14.3. The molecule has 0 heterocycles. The summed E-state index contributed by atoms with van der Waals surface area (Å²) in [7, 11) is 1.19. The maximum absolute atomic E-state index is 12.1. The minimum atomic E-state index is -1.05. The van der Waals surface area contributed by atoms with Gasteiger partial charge in [0.25, 0.3) is 0 Å². The molecule has 0 unspecified atom stereocenters. The van der Waals surface area contributed by atoms with E-state index in [1.165, 1.54) is 49.6 Å². The number of hydrogen-bond acceptors (Lipinski definition) is 8. The van der Waals surface area contributed by atoms with E-state index in [1.54, 1.807) is 0 Å². The molecule has 0 fully saturated rings. The number of phenols is 4. The number of aromatic hydroxyl groups is 4. The maximum Gasteiger partial charge on any atom is 0.331 e. The highest BCUT2D eigenvalue weighted by Gasteiger charge is 2.21. The van der Waals surface area contributed by atoms with E-state index in [4.69, 9.17) is 4.74 Å². The predicted molar refractivity (Wildman–Crippen MR) is 94.0 cm³/mol. The Morgan fingerprint density at radius 3 is 2.19 bits per heavy atom. The number of carbonyl (C=O) groups is 2. The monoisotopic (exact) mass is 374 g/mol. The first-order valence-corrected chi connectivity index (χ1v) is 7.79. The van der Waals surface area contributed by atoms with E-state index in [0.29, 0.717) is 11.1 Å². The second-order valence-electron chi connectivity index (χ2n) is 5.54. The van der Waals surface area contributed by atoms with Gasteiger partial charge in [0.1, 0.15) is 6.10 Å². The molecule has 0 bridgehead atoms. The van der Waals surface area contributed by atoms with Gasteiger partial charge in [0, 0.05) is 6.08 Å². The van der Waals surface area contributed by atoms with Crippen LogP contribution in [0.25, 0.3) is 6.08 Å². The Bertz CT molecular complexity index is 872. The van der Waals surface area contributed by atoms with Crippen molar-refractivity contribution in [3.8, 4) is 23.0 Å². The molecule has 2 rings (SSSR count). The Hall–Kier alpha value is -3.68. The van der Waals surface area contributed by atoms with Gasteiger partial charge in [0.2, 0.25) is 0 Å². The van der Waals surface area contributed by atoms with Gasteiger partial charge in [-0.3, -0.25) is 4.79 Å². The van der Waals surface area contributed by atoms with Crippen LogP contribution in [-0.4, -0.2) is 39.5 Å². The van der Waals surface area contributed by atoms with Crippen molar-refractivity contribution >= 4 is 18.0 Å². The first-order valence-electron chi connectivity index (χ1n) is 7.79. The van der Waals surface area contributed by atoms with Gasteiger partial charge in [-0.25, -0.2) is 4.79 Å². The van der Waals surface area contributed by atoms with E-state index in [0.717, 1.165) is 6.08 Å². The summed E-state index contributed by atoms with van der Waals surface area (Å²) in [6, 6.07) is 7.78. The van der Waals surface area contributed by atoms with Crippen molar-refractivity contribution < 1.29 is 39.5 Å². The first kappa shape index (κ1) is 19.6. The van der Waals surface area contributed by atoms with Crippen molar-refractivity contribution in [2.75, 3.05) is 7.11 Å². The fourth-order valence-corrected chi connectivity index (χ4v) is 2.19. The molecule has 0 aromatic heterocycles. The number of hydrogen-bond donors (Lipinski definition) is 4. The van der Waals surface area contributed by atoms with Gasteiger partial charge in [-0.15, -0.1) is 0 Å². The van der Waals surface area contributed by atoms with Crippen molar-refractivity contribution in [3.63, 3.8) is 0 Å². The molecular formula is C19H18O8. The second kappa shape index (κ2) is 8.61. The Balaban J connectivity index is 2.16. The summed E-state index contributed by atoms with van der Waals surface area (Å²) in [6.07, 6.45) is 1.09. The summed E-state index contributed by atoms with van der Waals surface area (Å²) < 4.78 is 9.83. The van der Waals surface area contributed by atoms with Crippen LogP contribution in [0.3, 0.4) is 0 Å². The van der Waals surface area contributed by atoms with Gasteiger partial charge in [0.15, 0.2) is 23.0 Å². The molecule has 8 nitrogen and oxygen atoms in total. The molecule has 0 radical (unpaired) electrons. The zero-order chi connectivity index (χ0) is 20.0. The molecule has 0 saturated carbocycles. The van der Waals surface area contributed by atoms with E-state index in [1.807, 2.05) is 0 Å². The van der Waals surface area contributed by atoms with Crippen molar-refractivity contribution in [3.05, 3.63) is 53.6 Å². The number of methoxy groups -OCH3 is 1. The topological polar surface area (TPSA) is 134 Å². The number of phenolic OH excluding ortho intramolecular Hbond substituents is 4.